The molecule has 0 saturated heterocycles. The lowest BCUT2D eigenvalue weighted by Crippen LogP contribution is -2.21. The van der Waals surface area contributed by atoms with E-state index in [2.05, 4.69) is 27.7 Å². The summed E-state index contributed by atoms with van der Waals surface area (Å²) in [5.41, 5.74) is 0.197. The van der Waals surface area contributed by atoms with E-state index in [1.165, 1.54) is 19.3 Å². The van der Waals surface area contributed by atoms with Crippen molar-refractivity contribution in [1.29, 1.82) is 0 Å². The van der Waals surface area contributed by atoms with Crippen LogP contribution in [0.5, 0.6) is 11.5 Å². The topological polar surface area (TPSA) is 55.8 Å². The minimum atomic E-state index is -0.965. The van der Waals surface area contributed by atoms with E-state index in [-0.39, 0.29) is 17.8 Å². The van der Waals surface area contributed by atoms with Crippen molar-refractivity contribution in [3.8, 4) is 11.5 Å². The first-order valence-electron chi connectivity index (χ1n) is 11.8. The standard InChI is InChI=1S/C25H42O4/c1-5-9-11-16-20(14-7-3)28-23-19-13-18-22(25(26)27)24(23)29-21(15-8-4)17-12-10-6-2/h13,18-21H,5-12,14-17H2,1-4H3,(H,26,27). The van der Waals surface area contributed by atoms with Gasteiger partial charge in [-0.3, -0.25) is 0 Å². The Morgan fingerprint density at radius 1 is 0.793 bits per heavy atom. The van der Waals surface area contributed by atoms with Crippen molar-refractivity contribution in [2.45, 2.75) is 117 Å². The zero-order valence-corrected chi connectivity index (χ0v) is 19.0. The summed E-state index contributed by atoms with van der Waals surface area (Å²) < 4.78 is 12.7. The fourth-order valence-electron chi connectivity index (χ4n) is 3.66. The van der Waals surface area contributed by atoms with Crippen LogP contribution in [-0.4, -0.2) is 23.3 Å². The molecule has 4 heteroatoms. The van der Waals surface area contributed by atoms with E-state index in [1.807, 2.05) is 6.07 Å². The highest BCUT2D eigenvalue weighted by Crippen LogP contribution is 2.35. The molecule has 1 aromatic carbocycles. The summed E-state index contributed by atoms with van der Waals surface area (Å²) in [6.07, 6.45) is 12.9. The van der Waals surface area contributed by atoms with Gasteiger partial charge in [-0.15, -0.1) is 0 Å². The molecule has 0 saturated carbocycles. The zero-order valence-electron chi connectivity index (χ0n) is 19.0. The summed E-state index contributed by atoms with van der Waals surface area (Å²) in [6.45, 7) is 8.69. The summed E-state index contributed by atoms with van der Waals surface area (Å²) in [6, 6.07) is 5.23. The van der Waals surface area contributed by atoms with Crippen molar-refractivity contribution in [3.63, 3.8) is 0 Å². The van der Waals surface area contributed by atoms with Crippen molar-refractivity contribution >= 4 is 5.97 Å². The number of carboxylic acid groups (broad SMARTS) is 1. The highest BCUT2D eigenvalue weighted by molar-refractivity contribution is 5.92. The van der Waals surface area contributed by atoms with E-state index in [0.29, 0.717) is 11.5 Å². The lowest BCUT2D eigenvalue weighted by molar-refractivity contribution is 0.0683. The van der Waals surface area contributed by atoms with Gasteiger partial charge in [-0.2, -0.15) is 0 Å². The molecule has 0 aliphatic heterocycles. The monoisotopic (exact) mass is 406 g/mol. The minimum Gasteiger partial charge on any atom is -0.487 e. The van der Waals surface area contributed by atoms with Crippen molar-refractivity contribution in [1.82, 2.24) is 0 Å². The van der Waals surface area contributed by atoms with Crippen LogP contribution in [0.2, 0.25) is 0 Å². The van der Waals surface area contributed by atoms with E-state index in [9.17, 15) is 9.90 Å². The third kappa shape index (κ3) is 9.56. The molecule has 4 nitrogen and oxygen atoms in total. The van der Waals surface area contributed by atoms with Crippen LogP contribution in [0.15, 0.2) is 18.2 Å². The second-order valence-corrected chi connectivity index (χ2v) is 7.99. The Hall–Kier alpha value is -1.71. The second kappa shape index (κ2) is 15.2. The SMILES string of the molecule is CCCCCC(CCC)Oc1cccc(C(=O)O)c1OC(CCC)CCCCC. The Balaban J connectivity index is 3.06. The number of para-hydroxylation sites is 1. The summed E-state index contributed by atoms with van der Waals surface area (Å²) in [4.78, 5) is 11.9. The first-order valence-corrected chi connectivity index (χ1v) is 11.8. The van der Waals surface area contributed by atoms with Crippen LogP contribution in [0, 0.1) is 0 Å². The van der Waals surface area contributed by atoms with Crippen LogP contribution in [-0.2, 0) is 0 Å². The quantitative estimate of drug-likeness (QED) is 0.270. The average molecular weight is 407 g/mol. The normalized spacial score (nSPS) is 13.1. The minimum absolute atomic E-state index is 0.0270. The predicted molar refractivity (Wildman–Crippen MR) is 120 cm³/mol. The number of carboxylic acids is 1. The second-order valence-electron chi connectivity index (χ2n) is 7.99. The van der Waals surface area contributed by atoms with Gasteiger partial charge in [-0.25, -0.2) is 4.79 Å². The van der Waals surface area contributed by atoms with Crippen LogP contribution in [0.4, 0.5) is 0 Å². The summed E-state index contributed by atoms with van der Waals surface area (Å²) in [7, 11) is 0. The predicted octanol–water partition coefficient (Wildman–Crippen LogP) is 7.64. The van der Waals surface area contributed by atoms with Crippen molar-refractivity contribution in [3.05, 3.63) is 23.8 Å². The number of unbranched alkanes of at least 4 members (excludes halogenated alkanes) is 4. The maximum Gasteiger partial charge on any atom is 0.339 e. The molecule has 0 aliphatic rings. The molecule has 29 heavy (non-hydrogen) atoms. The molecular weight excluding hydrogens is 364 g/mol. The molecule has 2 atom stereocenters. The van der Waals surface area contributed by atoms with E-state index < -0.39 is 5.97 Å². The molecule has 166 valence electrons. The van der Waals surface area contributed by atoms with E-state index >= 15 is 0 Å². The molecule has 1 rings (SSSR count). The van der Waals surface area contributed by atoms with E-state index in [4.69, 9.17) is 9.47 Å². The number of rotatable bonds is 17. The molecule has 0 fully saturated rings. The van der Waals surface area contributed by atoms with E-state index in [0.717, 1.165) is 57.8 Å². The maximum absolute atomic E-state index is 11.9. The fraction of sp³-hybridized carbons (Fsp3) is 0.720. The molecule has 1 aromatic rings. The molecule has 0 bridgehead atoms. The smallest absolute Gasteiger partial charge is 0.339 e. The fourth-order valence-corrected chi connectivity index (χ4v) is 3.66. The molecule has 2 unspecified atom stereocenters. The molecule has 0 heterocycles. The van der Waals surface area contributed by atoms with Gasteiger partial charge in [0.25, 0.3) is 0 Å². The zero-order chi connectivity index (χ0) is 21.5. The first-order chi connectivity index (χ1) is 14.1. The first kappa shape index (κ1) is 25.3. The maximum atomic E-state index is 11.9. The number of aromatic carboxylic acids is 1. The molecule has 0 aromatic heterocycles. The molecule has 0 radical (unpaired) electrons. The van der Waals surface area contributed by atoms with Crippen molar-refractivity contribution in [2.24, 2.45) is 0 Å². The van der Waals surface area contributed by atoms with Gasteiger partial charge >= 0.3 is 5.97 Å². The Bertz CT molecular complexity index is 570. The van der Waals surface area contributed by atoms with Crippen LogP contribution in [0.3, 0.4) is 0 Å². The van der Waals surface area contributed by atoms with Gasteiger partial charge in [0.2, 0.25) is 0 Å². The van der Waals surface area contributed by atoms with Crippen molar-refractivity contribution in [2.75, 3.05) is 0 Å². The molecule has 1 N–H and O–H groups in total. The number of hydrogen-bond donors (Lipinski definition) is 1. The molecular formula is C25H42O4. The number of hydrogen-bond acceptors (Lipinski definition) is 3. The van der Waals surface area contributed by atoms with Crippen LogP contribution >= 0.6 is 0 Å². The van der Waals surface area contributed by atoms with Gasteiger partial charge in [0.05, 0.1) is 12.2 Å². The van der Waals surface area contributed by atoms with Gasteiger partial charge in [0, 0.05) is 0 Å². The number of benzene rings is 1. The average Bonchev–Trinajstić information content (AvgIpc) is 2.69. The third-order valence-corrected chi connectivity index (χ3v) is 5.27. The Labute approximate surface area is 178 Å². The molecule has 0 aliphatic carbocycles. The number of ether oxygens (including phenoxy) is 2. The summed E-state index contributed by atoms with van der Waals surface area (Å²) in [5.74, 6) is 0.0234. The van der Waals surface area contributed by atoms with Crippen molar-refractivity contribution < 1.29 is 19.4 Å². The van der Waals surface area contributed by atoms with Gasteiger partial charge < -0.3 is 14.6 Å². The van der Waals surface area contributed by atoms with Crippen LogP contribution < -0.4 is 9.47 Å². The van der Waals surface area contributed by atoms with Gasteiger partial charge in [-0.05, 0) is 50.7 Å². The molecule has 0 spiro atoms. The van der Waals surface area contributed by atoms with Crippen LogP contribution in [0.1, 0.15) is 115 Å². The summed E-state index contributed by atoms with van der Waals surface area (Å²) >= 11 is 0. The van der Waals surface area contributed by atoms with E-state index in [1.54, 1.807) is 12.1 Å². The van der Waals surface area contributed by atoms with Gasteiger partial charge in [-0.1, -0.05) is 72.3 Å². The Kier molecular flexibility index (Phi) is 13.3. The highest BCUT2D eigenvalue weighted by Gasteiger charge is 2.22. The Morgan fingerprint density at radius 2 is 1.34 bits per heavy atom. The lowest BCUT2D eigenvalue weighted by atomic mass is 10.1. The lowest BCUT2D eigenvalue weighted by Gasteiger charge is -2.25. The Morgan fingerprint density at radius 3 is 1.83 bits per heavy atom. The summed E-state index contributed by atoms with van der Waals surface area (Å²) in [5, 5.41) is 9.72. The highest BCUT2D eigenvalue weighted by atomic mass is 16.5. The third-order valence-electron chi connectivity index (χ3n) is 5.27. The van der Waals surface area contributed by atoms with Gasteiger partial charge in [0.1, 0.15) is 5.56 Å². The van der Waals surface area contributed by atoms with Gasteiger partial charge in [0.15, 0.2) is 11.5 Å². The molecule has 0 amide bonds. The number of carbonyl (C=O) groups is 1. The largest absolute Gasteiger partial charge is 0.487 e. The van der Waals surface area contributed by atoms with Crippen LogP contribution in [0.25, 0.3) is 0 Å².